The van der Waals surface area contributed by atoms with Gasteiger partial charge in [-0.25, -0.2) is 8.78 Å². The molecule has 82 valence electrons. The number of aldehydes is 1. The van der Waals surface area contributed by atoms with E-state index >= 15 is 0 Å². The minimum atomic E-state index is -2.23. The number of nitrogens with zero attached hydrogens (tertiary/aromatic N) is 1. The lowest BCUT2D eigenvalue weighted by molar-refractivity contribution is -0.109. The average Bonchev–Trinajstić information content (AvgIpc) is 2.17. The summed E-state index contributed by atoms with van der Waals surface area (Å²) < 4.78 is 24.0. The molecule has 1 aliphatic heterocycles. The standard InChI is InChI=1S/C10H17F2NO/c11-10(12)4-7-13-6-2-1-3-9(13)5-8-14/h8-10H,1-7H2. The maximum atomic E-state index is 12.0. The van der Waals surface area contributed by atoms with Crippen molar-refractivity contribution in [2.75, 3.05) is 13.1 Å². The third-order valence-electron chi connectivity index (χ3n) is 2.75. The molecule has 1 rings (SSSR count). The highest BCUT2D eigenvalue weighted by Crippen LogP contribution is 2.19. The minimum Gasteiger partial charge on any atom is -0.303 e. The maximum absolute atomic E-state index is 12.0. The molecule has 0 saturated carbocycles. The molecule has 0 aromatic heterocycles. The molecule has 1 heterocycles. The number of halogens is 2. The van der Waals surface area contributed by atoms with Gasteiger partial charge < -0.3 is 4.79 Å². The zero-order chi connectivity index (χ0) is 10.4. The molecular formula is C10H17F2NO. The summed E-state index contributed by atoms with van der Waals surface area (Å²) >= 11 is 0. The summed E-state index contributed by atoms with van der Waals surface area (Å²) in [6, 6.07) is 0.208. The highest BCUT2D eigenvalue weighted by atomic mass is 19.3. The predicted molar refractivity (Wildman–Crippen MR) is 50.5 cm³/mol. The molecule has 0 amide bonds. The van der Waals surface area contributed by atoms with Crippen LogP contribution in [-0.4, -0.2) is 36.7 Å². The smallest absolute Gasteiger partial charge is 0.239 e. The van der Waals surface area contributed by atoms with Crippen molar-refractivity contribution in [2.24, 2.45) is 0 Å². The summed E-state index contributed by atoms with van der Waals surface area (Å²) in [5.74, 6) is 0. The van der Waals surface area contributed by atoms with E-state index in [-0.39, 0.29) is 12.5 Å². The minimum absolute atomic E-state index is 0.0741. The van der Waals surface area contributed by atoms with Crippen molar-refractivity contribution in [2.45, 2.75) is 44.6 Å². The van der Waals surface area contributed by atoms with Crippen LogP contribution in [0, 0.1) is 0 Å². The fourth-order valence-corrected chi connectivity index (χ4v) is 2.00. The zero-order valence-corrected chi connectivity index (χ0v) is 8.29. The van der Waals surface area contributed by atoms with Crippen molar-refractivity contribution in [1.29, 1.82) is 0 Å². The van der Waals surface area contributed by atoms with E-state index in [1.807, 2.05) is 4.90 Å². The van der Waals surface area contributed by atoms with Gasteiger partial charge in [-0.3, -0.25) is 4.90 Å². The first kappa shape index (κ1) is 11.6. The fraction of sp³-hybridized carbons (Fsp3) is 0.900. The molecule has 2 nitrogen and oxygen atoms in total. The molecule has 1 saturated heterocycles. The number of rotatable bonds is 5. The molecule has 0 aromatic rings. The second-order valence-corrected chi connectivity index (χ2v) is 3.77. The second-order valence-electron chi connectivity index (χ2n) is 3.77. The number of likely N-dealkylation sites (tertiary alicyclic amines) is 1. The first-order valence-corrected chi connectivity index (χ1v) is 5.20. The second kappa shape index (κ2) is 6.06. The maximum Gasteiger partial charge on any atom is 0.239 e. The molecule has 0 bridgehead atoms. The lowest BCUT2D eigenvalue weighted by Gasteiger charge is -2.34. The molecule has 0 radical (unpaired) electrons. The molecule has 1 aliphatic rings. The summed E-state index contributed by atoms with van der Waals surface area (Å²) in [6.45, 7) is 1.29. The van der Waals surface area contributed by atoms with Crippen LogP contribution in [0.15, 0.2) is 0 Å². The van der Waals surface area contributed by atoms with Crippen molar-refractivity contribution >= 4 is 6.29 Å². The molecule has 0 spiro atoms. The first-order chi connectivity index (χ1) is 6.74. The van der Waals surface area contributed by atoms with Gasteiger partial charge in [-0.05, 0) is 19.4 Å². The number of hydrogen-bond acceptors (Lipinski definition) is 2. The van der Waals surface area contributed by atoms with E-state index in [1.165, 1.54) is 0 Å². The SMILES string of the molecule is O=CCC1CCCCN1CCC(F)F. The monoisotopic (exact) mass is 205 g/mol. The van der Waals surface area contributed by atoms with Crippen LogP contribution in [0.3, 0.4) is 0 Å². The Hall–Kier alpha value is -0.510. The Balaban J connectivity index is 2.33. The van der Waals surface area contributed by atoms with E-state index in [0.717, 1.165) is 32.1 Å². The van der Waals surface area contributed by atoms with Crippen molar-refractivity contribution in [3.05, 3.63) is 0 Å². The van der Waals surface area contributed by atoms with Crippen LogP contribution in [0.25, 0.3) is 0 Å². The summed E-state index contributed by atoms with van der Waals surface area (Å²) in [6.07, 6.45) is 2.24. The summed E-state index contributed by atoms with van der Waals surface area (Å²) in [5, 5.41) is 0. The van der Waals surface area contributed by atoms with Crippen LogP contribution >= 0.6 is 0 Å². The van der Waals surface area contributed by atoms with Crippen LogP contribution in [0.5, 0.6) is 0 Å². The van der Waals surface area contributed by atoms with Gasteiger partial charge in [0.15, 0.2) is 0 Å². The normalized spacial score (nSPS) is 24.1. The highest BCUT2D eigenvalue weighted by Gasteiger charge is 2.22. The Bertz CT molecular complexity index is 176. The van der Waals surface area contributed by atoms with Gasteiger partial charge in [-0.2, -0.15) is 0 Å². The molecule has 0 N–H and O–H groups in total. The van der Waals surface area contributed by atoms with Gasteiger partial charge in [0.2, 0.25) is 6.43 Å². The van der Waals surface area contributed by atoms with Crippen LogP contribution in [0.2, 0.25) is 0 Å². The van der Waals surface area contributed by atoms with Gasteiger partial charge in [0.25, 0.3) is 0 Å². The van der Waals surface area contributed by atoms with Crippen molar-refractivity contribution in [3.8, 4) is 0 Å². The lowest BCUT2D eigenvalue weighted by Crippen LogP contribution is -2.40. The molecule has 1 unspecified atom stereocenters. The quantitative estimate of drug-likeness (QED) is 0.640. The highest BCUT2D eigenvalue weighted by molar-refractivity contribution is 5.50. The Morgan fingerprint density at radius 1 is 1.43 bits per heavy atom. The zero-order valence-electron chi connectivity index (χ0n) is 8.29. The predicted octanol–water partition coefficient (Wildman–Crippen LogP) is 2.09. The molecule has 4 heteroatoms. The van der Waals surface area contributed by atoms with E-state index in [0.29, 0.717) is 13.0 Å². The van der Waals surface area contributed by atoms with Crippen LogP contribution in [-0.2, 0) is 4.79 Å². The van der Waals surface area contributed by atoms with Crippen LogP contribution < -0.4 is 0 Å². The van der Waals surface area contributed by atoms with Gasteiger partial charge in [0, 0.05) is 25.4 Å². The number of hydrogen-bond donors (Lipinski definition) is 0. The number of piperidine rings is 1. The summed E-state index contributed by atoms with van der Waals surface area (Å²) in [4.78, 5) is 12.4. The summed E-state index contributed by atoms with van der Waals surface area (Å²) in [7, 11) is 0. The molecular weight excluding hydrogens is 188 g/mol. The van der Waals surface area contributed by atoms with Crippen molar-refractivity contribution < 1.29 is 13.6 Å². The largest absolute Gasteiger partial charge is 0.303 e. The van der Waals surface area contributed by atoms with E-state index < -0.39 is 6.43 Å². The Morgan fingerprint density at radius 2 is 2.21 bits per heavy atom. The fourth-order valence-electron chi connectivity index (χ4n) is 2.00. The molecule has 1 fully saturated rings. The number of carbonyl (C=O) groups is 1. The van der Waals surface area contributed by atoms with Crippen molar-refractivity contribution in [3.63, 3.8) is 0 Å². The van der Waals surface area contributed by atoms with Gasteiger partial charge >= 0.3 is 0 Å². The Labute approximate surface area is 83.3 Å². The van der Waals surface area contributed by atoms with E-state index in [1.54, 1.807) is 0 Å². The number of alkyl halides is 2. The average molecular weight is 205 g/mol. The lowest BCUT2D eigenvalue weighted by atomic mass is 10.00. The van der Waals surface area contributed by atoms with Gasteiger partial charge in [-0.1, -0.05) is 6.42 Å². The van der Waals surface area contributed by atoms with Gasteiger partial charge in [0.1, 0.15) is 6.29 Å². The van der Waals surface area contributed by atoms with E-state index in [2.05, 4.69) is 0 Å². The molecule has 14 heavy (non-hydrogen) atoms. The molecule has 1 atom stereocenters. The third-order valence-corrected chi connectivity index (χ3v) is 2.75. The Kier molecular flexibility index (Phi) is 5.01. The third kappa shape index (κ3) is 3.70. The first-order valence-electron chi connectivity index (χ1n) is 5.20. The Morgan fingerprint density at radius 3 is 2.86 bits per heavy atom. The van der Waals surface area contributed by atoms with E-state index in [4.69, 9.17) is 0 Å². The van der Waals surface area contributed by atoms with Crippen LogP contribution in [0.4, 0.5) is 8.78 Å². The van der Waals surface area contributed by atoms with Gasteiger partial charge in [-0.15, -0.1) is 0 Å². The topological polar surface area (TPSA) is 20.3 Å². The summed E-state index contributed by atoms with van der Waals surface area (Å²) in [5.41, 5.74) is 0. The van der Waals surface area contributed by atoms with Crippen molar-refractivity contribution in [1.82, 2.24) is 4.90 Å². The number of carbonyl (C=O) groups excluding carboxylic acids is 1. The molecule has 0 aliphatic carbocycles. The van der Waals surface area contributed by atoms with Gasteiger partial charge in [0.05, 0.1) is 0 Å². The van der Waals surface area contributed by atoms with E-state index in [9.17, 15) is 13.6 Å². The van der Waals surface area contributed by atoms with Crippen LogP contribution in [0.1, 0.15) is 32.1 Å². The molecule has 0 aromatic carbocycles.